The first-order valence-electron chi connectivity index (χ1n) is 27.3. The minimum atomic E-state index is -1.91. The van der Waals surface area contributed by atoms with E-state index in [4.69, 9.17) is 23.7 Å². The van der Waals surface area contributed by atoms with E-state index in [1.54, 1.807) is 0 Å². The Hall–Kier alpha value is -3.58. The van der Waals surface area contributed by atoms with Gasteiger partial charge in [-0.15, -0.1) is 0 Å². The van der Waals surface area contributed by atoms with E-state index >= 15 is 0 Å². The summed E-state index contributed by atoms with van der Waals surface area (Å²) >= 11 is 0. The number of hydrogen-bond donors (Lipinski definition) is 3. The van der Waals surface area contributed by atoms with Gasteiger partial charge in [-0.2, -0.15) is 0 Å². The Morgan fingerprint density at radius 3 is 1.45 bits per heavy atom. The minimum Gasteiger partial charge on any atom is -0.479 e. The first-order chi connectivity index (χ1) is 33.6. The number of carbonyl (C=O) groups is 4. The van der Waals surface area contributed by atoms with Crippen LogP contribution >= 0.6 is 0 Å². The number of allylic oxidation sites excluding steroid dienone is 10. The molecule has 12 nitrogen and oxygen atoms in total. The van der Waals surface area contributed by atoms with Crippen LogP contribution in [0, 0.1) is 0 Å². The van der Waals surface area contributed by atoms with Crippen molar-refractivity contribution in [2.75, 3.05) is 13.2 Å². The van der Waals surface area contributed by atoms with Crippen molar-refractivity contribution in [3.63, 3.8) is 0 Å². The van der Waals surface area contributed by atoms with E-state index < -0.39 is 67.3 Å². The average Bonchev–Trinajstić information content (AvgIpc) is 3.33. The van der Waals surface area contributed by atoms with Gasteiger partial charge in [0, 0.05) is 19.3 Å². The van der Waals surface area contributed by atoms with Gasteiger partial charge in [0.15, 0.2) is 24.6 Å². The molecule has 6 unspecified atom stereocenters. The normalized spacial score (nSPS) is 19.1. The second kappa shape index (κ2) is 45.6. The summed E-state index contributed by atoms with van der Waals surface area (Å²) in [5, 5.41) is 31.4. The van der Waals surface area contributed by atoms with Crippen LogP contribution < -0.4 is 0 Å². The molecular weight excluding hydrogens is 877 g/mol. The number of aliphatic hydroxyl groups excluding tert-OH is 2. The number of esters is 3. The van der Waals surface area contributed by atoms with Crippen LogP contribution in [0.5, 0.6) is 0 Å². The van der Waals surface area contributed by atoms with Gasteiger partial charge in [0.05, 0.1) is 6.61 Å². The Bertz CT molecular complexity index is 1440. The van der Waals surface area contributed by atoms with E-state index in [9.17, 15) is 34.5 Å². The number of aliphatic carboxylic acids is 1. The zero-order valence-corrected chi connectivity index (χ0v) is 43.3. The second-order valence-corrected chi connectivity index (χ2v) is 18.5. The van der Waals surface area contributed by atoms with Gasteiger partial charge in [-0.1, -0.05) is 171 Å². The first kappa shape index (κ1) is 63.4. The molecule has 0 aromatic heterocycles. The fraction of sp³-hybridized carbons (Fsp3) is 0.754. The maximum absolute atomic E-state index is 13.1. The molecule has 1 aliphatic heterocycles. The van der Waals surface area contributed by atoms with Gasteiger partial charge in [-0.05, 0) is 96.3 Å². The molecule has 0 aliphatic carbocycles. The zero-order chi connectivity index (χ0) is 50.4. The number of carboxylic acids is 1. The topological polar surface area (TPSA) is 175 Å². The third-order valence-corrected chi connectivity index (χ3v) is 12.0. The Balaban J connectivity index is 2.73. The summed E-state index contributed by atoms with van der Waals surface area (Å²) in [5.74, 6) is -3.16. The van der Waals surface area contributed by atoms with E-state index in [0.29, 0.717) is 19.3 Å². The number of carbonyl (C=O) groups excluding carboxylic acids is 3. The molecule has 1 fully saturated rings. The lowest BCUT2D eigenvalue weighted by Gasteiger charge is -2.40. The molecule has 12 heteroatoms. The molecule has 0 saturated carbocycles. The highest BCUT2D eigenvalue weighted by atomic mass is 16.7. The van der Waals surface area contributed by atoms with Crippen molar-refractivity contribution in [1.82, 2.24) is 0 Å². The quantitative estimate of drug-likeness (QED) is 0.0228. The second-order valence-electron chi connectivity index (χ2n) is 18.5. The van der Waals surface area contributed by atoms with Gasteiger partial charge in [0.25, 0.3) is 0 Å². The summed E-state index contributed by atoms with van der Waals surface area (Å²) in [6.07, 6.45) is 42.0. The summed E-state index contributed by atoms with van der Waals surface area (Å²) in [6.45, 7) is 5.78. The van der Waals surface area contributed by atoms with Crippen molar-refractivity contribution in [3.05, 3.63) is 60.8 Å². The number of carboxylic acid groups (broad SMARTS) is 1. The lowest BCUT2D eigenvalue weighted by Crippen LogP contribution is -2.61. The molecule has 1 saturated heterocycles. The van der Waals surface area contributed by atoms with Crippen LogP contribution in [0.4, 0.5) is 0 Å². The van der Waals surface area contributed by atoms with Gasteiger partial charge in [0.2, 0.25) is 0 Å². The predicted molar refractivity (Wildman–Crippen MR) is 275 cm³/mol. The number of unbranched alkanes of at least 4 members (excludes halogenated alkanes) is 21. The SMILES string of the molecule is CC/C=C\C/C=C\C/C=C\CCCCCCCC(=O)OCC(COC1OC(C(=O)O)C(O)C(O)C1OC(=O)CCCCCCC/C=C\CCCCCC)OC(=O)CCCCCCC/C=C\CCCC. The average molecular weight is 973 g/mol. The number of aliphatic hydroxyl groups is 2. The van der Waals surface area contributed by atoms with E-state index in [0.717, 1.165) is 128 Å². The van der Waals surface area contributed by atoms with Gasteiger partial charge >= 0.3 is 23.9 Å². The van der Waals surface area contributed by atoms with Gasteiger partial charge in [0.1, 0.15) is 18.8 Å². The highest BCUT2D eigenvalue weighted by Gasteiger charge is 2.50. The summed E-state index contributed by atoms with van der Waals surface area (Å²) in [4.78, 5) is 50.9. The van der Waals surface area contributed by atoms with Gasteiger partial charge in [-0.25, -0.2) is 4.79 Å². The highest BCUT2D eigenvalue weighted by molar-refractivity contribution is 5.74. The first-order valence-corrected chi connectivity index (χ1v) is 27.3. The highest BCUT2D eigenvalue weighted by Crippen LogP contribution is 2.26. The summed E-state index contributed by atoms with van der Waals surface area (Å²) in [5.41, 5.74) is 0. The smallest absolute Gasteiger partial charge is 0.335 e. The van der Waals surface area contributed by atoms with Gasteiger partial charge in [-0.3, -0.25) is 14.4 Å². The molecule has 0 aromatic rings. The zero-order valence-electron chi connectivity index (χ0n) is 43.3. The molecule has 6 atom stereocenters. The Kier molecular flexibility index (Phi) is 41.9. The fourth-order valence-corrected chi connectivity index (χ4v) is 7.83. The fourth-order valence-electron chi connectivity index (χ4n) is 7.83. The van der Waals surface area contributed by atoms with E-state index in [2.05, 4.69) is 81.5 Å². The Morgan fingerprint density at radius 2 is 0.928 bits per heavy atom. The molecule has 1 aliphatic rings. The van der Waals surface area contributed by atoms with Crippen molar-refractivity contribution in [3.8, 4) is 0 Å². The van der Waals surface area contributed by atoms with E-state index in [-0.39, 0.29) is 25.9 Å². The molecule has 0 spiro atoms. The molecular formula is C57H96O12. The van der Waals surface area contributed by atoms with E-state index in [1.165, 1.54) is 38.5 Å². The van der Waals surface area contributed by atoms with Crippen molar-refractivity contribution in [1.29, 1.82) is 0 Å². The van der Waals surface area contributed by atoms with Crippen LogP contribution in [0.25, 0.3) is 0 Å². The number of ether oxygens (including phenoxy) is 5. The summed E-state index contributed by atoms with van der Waals surface area (Å²) in [7, 11) is 0. The molecule has 0 bridgehead atoms. The lowest BCUT2D eigenvalue weighted by molar-refractivity contribution is -0.301. The van der Waals surface area contributed by atoms with Crippen molar-refractivity contribution >= 4 is 23.9 Å². The Labute approximate surface area is 417 Å². The van der Waals surface area contributed by atoms with Crippen molar-refractivity contribution in [2.24, 2.45) is 0 Å². The van der Waals surface area contributed by atoms with Crippen LogP contribution in [0.1, 0.15) is 226 Å². The van der Waals surface area contributed by atoms with Crippen LogP contribution in [0.2, 0.25) is 0 Å². The molecule has 396 valence electrons. The molecule has 3 N–H and O–H groups in total. The summed E-state index contributed by atoms with van der Waals surface area (Å²) < 4.78 is 28.3. The maximum atomic E-state index is 13.1. The minimum absolute atomic E-state index is 0.0471. The van der Waals surface area contributed by atoms with Gasteiger partial charge < -0.3 is 39.0 Å². The van der Waals surface area contributed by atoms with E-state index in [1.807, 2.05) is 0 Å². The number of rotatable bonds is 45. The molecule has 1 rings (SSSR count). The van der Waals surface area contributed by atoms with Crippen molar-refractivity contribution < 1.29 is 58.2 Å². The van der Waals surface area contributed by atoms with Crippen molar-refractivity contribution in [2.45, 2.75) is 263 Å². The number of hydrogen-bond acceptors (Lipinski definition) is 11. The monoisotopic (exact) mass is 973 g/mol. The Morgan fingerprint density at radius 1 is 0.493 bits per heavy atom. The lowest BCUT2D eigenvalue weighted by atomic mass is 9.98. The standard InChI is InChI=1S/C57H96O12/c1-4-7-10-13-16-19-22-24-25-27-29-31-34-37-40-43-49(58)65-46-48(67-50(59)44-41-38-35-32-28-21-18-15-12-9-6-3)47-66-57-55(53(62)52(61)54(69-57)56(63)64)68-51(60)45-42-39-36-33-30-26-23-20-17-14-11-8-5-2/h7,10,15-16,18-20,23-25,48,52-55,57,61-62H,4-6,8-9,11-14,17,21-22,26-47H2,1-3H3,(H,63,64)/b10-7-,18-15-,19-16-,23-20-,25-24-. The molecule has 1 heterocycles. The van der Waals surface area contributed by atoms with Crippen LogP contribution in [-0.4, -0.2) is 89.2 Å². The van der Waals surface area contributed by atoms with Crippen LogP contribution in [0.15, 0.2) is 60.8 Å². The van der Waals surface area contributed by atoms with Crippen LogP contribution in [0.3, 0.4) is 0 Å². The maximum Gasteiger partial charge on any atom is 0.335 e. The molecule has 69 heavy (non-hydrogen) atoms. The molecule has 0 aromatic carbocycles. The third-order valence-electron chi connectivity index (χ3n) is 12.0. The summed E-state index contributed by atoms with van der Waals surface area (Å²) in [6, 6.07) is 0. The third kappa shape index (κ3) is 36.1. The molecule has 0 radical (unpaired) electrons. The predicted octanol–water partition coefficient (Wildman–Crippen LogP) is 13.2. The largest absolute Gasteiger partial charge is 0.479 e. The van der Waals surface area contributed by atoms with Crippen LogP contribution in [-0.2, 0) is 42.9 Å². The molecule has 0 amide bonds.